The van der Waals surface area contributed by atoms with E-state index in [1.165, 1.54) is 13.2 Å². The molecule has 1 aromatic rings. The topological polar surface area (TPSA) is 72.5 Å². The summed E-state index contributed by atoms with van der Waals surface area (Å²) in [5.41, 5.74) is 5.64. The van der Waals surface area contributed by atoms with Crippen LogP contribution in [0.4, 0.5) is 4.39 Å². The molecule has 0 aliphatic heterocycles. The molecule has 0 amide bonds. The molecule has 1 aromatic carbocycles. The number of ether oxygens (including phenoxy) is 1. The summed E-state index contributed by atoms with van der Waals surface area (Å²) in [5.74, 6) is -2.03. The van der Waals surface area contributed by atoms with E-state index < -0.39 is 23.6 Å². The predicted molar refractivity (Wildman–Crippen MR) is 56.6 cm³/mol. The van der Waals surface area contributed by atoms with Crippen molar-refractivity contribution in [2.24, 2.45) is 5.73 Å². The third-order valence-corrected chi connectivity index (χ3v) is 2.43. The highest BCUT2D eigenvalue weighted by Crippen LogP contribution is 2.33. The normalized spacial score (nSPS) is 12.2. The third kappa shape index (κ3) is 2.62. The van der Waals surface area contributed by atoms with Crippen LogP contribution in [0.1, 0.15) is 18.0 Å². The molecule has 0 saturated heterocycles. The summed E-state index contributed by atoms with van der Waals surface area (Å²) in [7, 11) is 1.21. The number of aromatic hydroxyl groups is 1. The van der Waals surface area contributed by atoms with Gasteiger partial charge in [-0.15, -0.1) is 0 Å². The summed E-state index contributed by atoms with van der Waals surface area (Å²) >= 11 is 5.76. The molecule has 88 valence electrons. The first-order valence-electron chi connectivity index (χ1n) is 4.46. The van der Waals surface area contributed by atoms with Crippen molar-refractivity contribution in [1.29, 1.82) is 0 Å². The minimum absolute atomic E-state index is 0.00654. The maximum Gasteiger partial charge on any atom is 0.307 e. The molecule has 0 aliphatic carbocycles. The number of esters is 1. The molecular weight excluding hydrogens is 237 g/mol. The average molecular weight is 248 g/mol. The standard InChI is InChI=1S/C10H11ClFNO3/c1-16-8(14)4-7(13)9-5(11)2-3-6(12)10(9)15/h2-3,7,15H,4,13H2,1H3/t7-/m0/s1. The van der Waals surface area contributed by atoms with E-state index in [1.807, 2.05) is 0 Å². The van der Waals surface area contributed by atoms with Crippen LogP contribution in [0, 0.1) is 5.82 Å². The van der Waals surface area contributed by atoms with Gasteiger partial charge in [0.25, 0.3) is 0 Å². The van der Waals surface area contributed by atoms with E-state index in [2.05, 4.69) is 4.74 Å². The van der Waals surface area contributed by atoms with Crippen molar-refractivity contribution >= 4 is 17.6 Å². The lowest BCUT2D eigenvalue weighted by Crippen LogP contribution is -2.17. The van der Waals surface area contributed by atoms with Crippen molar-refractivity contribution in [1.82, 2.24) is 0 Å². The molecule has 0 aromatic heterocycles. The number of phenols is 1. The average Bonchev–Trinajstić information content (AvgIpc) is 2.24. The van der Waals surface area contributed by atoms with E-state index in [1.54, 1.807) is 0 Å². The number of methoxy groups -OCH3 is 1. The molecule has 0 heterocycles. The Bertz CT molecular complexity index is 411. The monoisotopic (exact) mass is 247 g/mol. The number of rotatable bonds is 3. The summed E-state index contributed by atoms with van der Waals surface area (Å²) in [5, 5.41) is 9.55. The Balaban J connectivity index is 3.03. The van der Waals surface area contributed by atoms with Crippen LogP contribution in [0.2, 0.25) is 5.02 Å². The molecule has 0 saturated carbocycles. The molecule has 0 unspecified atom stereocenters. The zero-order valence-corrected chi connectivity index (χ0v) is 9.29. The van der Waals surface area contributed by atoms with Gasteiger partial charge in [-0.05, 0) is 12.1 Å². The van der Waals surface area contributed by atoms with Crippen LogP contribution in [0.5, 0.6) is 5.75 Å². The lowest BCUT2D eigenvalue weighted by molar-refractivity contribution is -0.141. The first-order chi connectivity index (χ1) is 7.47. The smallest absolute Gasteiger partial charge is 0.307 e. The van der Waals surface area contributed by atoms with E-state index in [0.29, 0.717) is 0 Å². The second-order valence-electron chi connectivity index (χ2n) is 3.18. The molecule has 0 radical (unpaired) electrons. The highest BCUT2D eigenvalue weighted by Gasteiger charge is 2.20. The Labute approximate surface area is 96.8 Å². The Morgan fingerprint density at radius 1 is 1.69 bits per heavy atom. The minimum Gasteiger partial charge on any atom is -0.505 e. The first kappa shape index (κ1) is 12.7. The van der Waals surface area contributed by atoms with Gasteiger partial charge in [-0.2, -0.15) is 0 Å². The van der Waals surface area contributed by atoms with Gasteiger partial charge in [-0.3, -0.25) is 4.79 Å². The van der Waals surface area contributed by atoms with Gasteiger partial charge in [-0.1, -0.05) is 11.6 Å². The maximum absolute atomic E-state index is 13.1. The largest absolute Gasteiger partial charge is 0.505 e. The fraction of sp³-hybridized carbons (Fsp3) is 0.300. The van der Waals surface area contributed by atoms with Gasteiger partial charge in [0.05, 0.1) is 13.5 Å². The van der Waals surface area contributed by atoms with Crippen molar-refractivity contribution in [2.45, 2.75) is 12.5 Å². The van der Waals surface area contributed by atoms with Crippen LogP contribution < -0.4 is 5.73 Å². The van der Waals surface area contributed by atoms with E-state index in [0.717, 1.165) is 6.07 Å². The SMILES string of the molecule is COC(=O)C[C@H](N)c1c(Cl)ccc(F)c1O. The van der Waals surface area contributed by atoms with Crippen molar-refractivity contribution in [3.05, 3.63) is 28.5 Å². The number of halogens is 2. The lowest BCUT2D eigenvalue weighted by Gasteiger charge is -2.14. The summed E-state index contributed by atoms with van der Waals surface area (Å²) in [6.45, 7) is 0. The predicted octanol–water partition coefficient (Wildman–Crippen LogP) is 1.75. The van der Waals surface area contributed by atoms with E-state index >= 15 is 0 Å². The highest BCUT2D eigenvalue weighted by molar-refractivity contribution is 6.31. The van der Waals surface area contributed by atoms with Crippen molar-refractivity contribution < 1.29 is 19.0 Å². The third-order valence-electron chi connectivity index (χ3n) is 2.10. The van der Waals surface area contributed by atoms with Crippen LogP contribution in [-0.4, -0.2) is 18.2 Å². The summed E-state index contributed by atoms with van der Waals surface area (Å²) < 4.78 is 17.5. The Morgan fingerprint density at radius 2 is 2.31 bits per heavy atom. The summed E-state index contributed by atoms with van der Waals surface area (Å²) in [6.07, 6.45) is -0.187. The van der Waals surface area contributed by atoms with Crippen LogP contribution >= 0.6 is 11.6 Å². The highest BCUT2D eigenvalue weighted by atomic mass is 35.5. The lowest BCUT2D eigenvalue weighted by atomic mass is 10.0. The first-order valence-corrected chi connectivity index (χ1v) is 4.84. The van der Waals surface area contributed by atoms with Crippen LogP contribution in [0.3, 0.4) is 0 Å². The Hall–Kier alpha value is -1.33. The molecule has 6 heteroatoms. The molecule has 1 rings (SSSR count). The van der Waals surface area contributed by atoms with Gasteiger partial charge in [0.2, 0.25) is 0 Å². The number of carbonyl (C=O) groups is 1. The van der Waals surface area contributed by atoms with Gasteiger partial charge < -0.3 is 15.6 Å². The van der Waals surface area contributed by atoms with Gasteiger partial charge in [-0.25, -0.2) is 4.39 Å². The molecule has 0 bridgehead atoms. The van der Waals surface area contributed by atoms with Crippen molar-refractivity contribution in [2.75, 3.05) is 7.11 Å². The Kier molecular flexibility index (Phi) is 4.09. The Morgan fingerprint density at radius 3 is 2.88 bits per heavy atom. The maximum atomic E-state index is 13.1. The van der Waals surface area contributed by atoms with Gasteiger partial charge in [0, 0.05) is 16.6 Å². The quantitative estimate of drug-likeness (QED) is 0.798. The van der Waals surface area contributed by atoms with Gasteiger partial charge in [0.15, 0.2) is 11.6 Å². The van der Waals surface area contributed by atoms with E-state index in [9.17, 15) is 14.3 Å². The molecule has 16 heavy (non-hydrogen) atoms. The zero-order chi connectivity index (χ0) is 12.3. The number of nitrogens with two attached hydrogens (primary N) is 1. The fourth-order valence-electron chi connectivity index (χ4n) is 1.27. The molecule has 0 fully saturated rings. The second kappa shape index (κ2) is 5.14. The number of benzene rings is 1. The van der Waals surface area contributed by atoms with Gasteiger partial charge >= 0.3 is 5.97 Å². The minimum atomic E-state index is -0.907. The van der Waals surface area contributed by atoms with Crippen molar-refractivity contribution in [3.8, 4) is 5.75 Å². The fourth-order valence-corrected chi connectivity index (χ4v) is 1.57. The van der Waals surface area contributed by atoms with E-state index in [4.69, 9.17) is 17.3 Å². The molecule has 1 atom stereocenters. The van der Waals surface area contributed by atoms with E-state index in [-0.39, 0.29) is 17.0 Å². The molecule has 3 N–H and O–H groups in total. The number of hydrogen-bond acceptors (Lipinski definition) is 4. The van der Waals surface area contributed by atoms with Crippen molar-refractivity contribution in [3.63, 3.8) is 0 Å². The molecule has 0 spiro atoms. The second-order valence-corrected chi connectivity index (χ2v) is 3.59. The zero-order valence-electron chi connectivity index (χ0n) is 8.54. The molecule has 4 nitrogen and oxygen atoms in total. The number of hydrogen-bond donors (Lipinski definition) is 2. The summed E-state index contributed by atoms with van der Waals surface area (Å²) in [4.78, 5) is 11.0. The van der Waals surface area contributed by atoms with Crippen LogP contribution in [0.25, 0.3) is 0 Å². The number of phenolic OH excluding ortho intramolecular Hbond substituents is 1. The summed E-state index contributed by atoms with van der Waals surface area (Å²) in [6, 6.07) is 1.38. The van der Waals surface area contributed by atoms with Crippen LogP contribution in [-0.2, 0) is 9.53 Å². The van der Waals surface area contributed by atoms with Crippen LogP contribution in [0.15, 0.2) is 12.1 Å². The molecule has 0 aliphatic rings. The van der Waals surface area contributed by atoms with Gasteiger partial charge in [0.1, 0.15) is 0 Å². The molecular formula is C10H11ClFNO3. The number of carbonyl (C=O) groups excluding carboxylic acids is 1.